The molecular weight excluding hydrogens is 326 g/mol. The van der Waals surface area contributed by atoms with Gasteiger partial charge in [-0.2, -0.15) is 4.31 Å². The first kappa shape index (κ1) is 16.9. The quantitative estimate of drug-likeness (QED) is 0.773. The number of sulfonamides is 1. The Labute approximate surface area is 142 Å². The molecule has 0 aliphatic heterocycles. The number of rotatable bonds is 5. The Morgan fingerprint density at radius 2 is 1.71 bits per heavy atom. The van der Waals surface area contributed by atoms with Crippen LogP contribution in [0, 0.1) is 0 Å². The third kappa shape index (κ3) is 3.30. The lowest BCUT2D eigenvalue weighted by Crippen LogP contribution is -2.38. The highest BCUT2D eigenvalue weighted by molar-refractivity contribution is 7.89. The van der Waals surface area contributed by atoms with Crippen molar-refractivity contribution in [3.05, 3.63) is 42.2 Å². The summed E-state index contributed by atoms with van der Waals surface area (Å²) in [6.07, 6.45) is 5.85. The molecule has 0 spiro atoms. The average Bonchev–Trinajstić information content (AvgIpc) is 3.11. The number of carbonyl (C=O) groups is 1. The molecule has 1 fully saturated rings. The standard InChI is InChI=1S/C18H21NO4S/c1-19(15-5-3-2-4-6-15)24(21,22)17-10-7-14(8-11-17)18-12-9-16(13-20)23-18/h7-13,15H,2-6H2,1H3. The van der Waals surface area contributed by atoms with Gasteiger partial charge in [0.05, 0.1) is 4.90 Å². The van der Waals surface area contributed by atoms with Crippen molar-refractivity contribution >= 4 is 16.3 Å². The summed E-state index contributed by atoms with van der Waals surface area (Å²) < 4.78 is 32.4. The molecule has 0 radical (unpaired) electrons. The second-order valence-electron chi connectivity index (χ2n) is 6.16. The van der Waals surface area contributed by atoms with Gasteiger partial charge < -0.3 is 4.42 Å². The fraction of sp³-hybridized carbons (Fsp3) is 0.389. The summed E-state index contributed by atoms with van der Waals surface area (Å²) in [4.78, 5) is 11.0. The van der Waals surface area contributed by atoms with Gasteiger partial charge in [-0.1, -0.05) is 19.3 Å². The molecule has 0 atom stereocenters. The molecule has 24 heavy (non-hydrogen) atoms. The number of furan rings is 1. The summed E-state index contributed by atoms with van der Waals surface area (Å²) in [5, 5.41) is 0. The predicted molar refractivity (Wildman–Crippen MR) is 91.4 cm³/mol. The molecule has 5 nitrogen and oxygen atoms in total. The topological polar surface area (TPSA) is 67.6 Å². The van der Waals surface area contributed by atoms with E-state index < -0.39 is 10.0 Å². The summed E-state index contributed by atoms with van der Waals surface area (Å²) in [7, 11) is -1.82. The van der Waals surface area contributed by atoms with E-state index in [0.29, 0.717) is 12.0 Å². The zero-order valence-corrected chi connectivity index (χ0v) is 14.5. The number of carbonyl (C=O) groups excluding carboxylic acids is 1. The van der Waals surface area contributed by atoms with Gasteiger partial charge in [0, 0.05) is 18.7 Å². The highest BCUT2D eigenvalue weighted by Gasteiger charge is 2.28. The largest absolute Gasteiger partial charge is 0.453 e. The van der Waals surface area contributed by atoms with Gasteiger partial charge in [0.1, 0.15) is 5.76 Å². The Balaban J connectivity index is 1.82. The summed E-state index contributed by atoms with van der Waals surface area (Å²) >= 11 is 0. The van der Waals surface area contributed by atoms with Gasteiger partial charge in [0.15, 0.2) is 12.0 Å². The van der Waals surface area contributed by atoms with Gasteiger partial charge in [0.2, 0.25) is 10.0 Å². The van der Waals surface area contributed by atoms with Crippen LogP contribution in [0.2, 0.25) is 0 Å². The normalized spacial score (nSPS) is 16.4. The number of nitrogens with zero attached hydrogens (tertiary/aromatic N) is 1. The minimum atomic E-state index is -3.49. The molecule has 128 valence electrons. The second-order valence-corrected chi connectivity index (χ2v) is 8.15. The maximum Gasteiger partial charge on any atom is 0.243 e. The van der Waals surface area contributed by atoms with Crippen molar-refractivity contribution in [2.75, 3.05) is 7.05 Å². The zero-order valence-electron chi connectivity index (χ0n) is 13.6. The van der Waals surface area contributed by atoms with Gasteiger partial charge in [-0.05, 0) is 49.2 Å². The predicted octanol–water partition coefficient (Wildman–Crippen LogP) is 3.71. The highest BCUT2D eigenvalue weighted by atomic mass is 32.2. The molecule has 0 N–H and O–H groups in total. The van der Waals surface area contributed by atoms with Gasteiger partial charge >= 0.3 is 0 Å². The van der Waals surface area contributed by atoms with Crippen molar-refractivity contribution in [3.63, 3.8) is 0 Å². The molecule has 0 amide bonds. The monoisotopic (exact) mass is 347 g/mol. The molecule has 1 aliphatic rings. The Morgan fingerprint density at radius 3 is 2.29 bits per heavy atom. The third-order valence-electron chi connectivity index (χ3n) is 4.65. The van der Waals surface area contributed by atoms with E-state index in [9.17, 15) is 13.2 Å². The van der Waals surface area contributed by atoms with Crippen LogP contribution in [-0.4, -0.2) is 32.1 Å². The molecule has 1 aliphatic carbocycles. The maximum atomic E-state index is 12.8. The van der Waals surface area contributed by atoms with Crippen molar-refractivity contribution in [1.29, 1.82) is 0 Å². The van der Waals surface area contributed by atoms with E-state index in [1.54, 1.807) is 43.4 Å². The third-order valence-corrected chi connectivity index (χ3v) is 6.57. The van der Waals surface area contributed by atoms with Gasteiger partial charge in [-0.3, -0.25) is 4.79 Å². The van der Waals surface area contributed by atoms with E-state index in [4.69, 9.17) is 4.42 Å². The van der Waals surface area contributed by atoms with Crippen LogP contribution in [0.4, 0.5) is 0 Å². The minimum absolute atomic E-state index is 0.0867. The molecule has 0 unspecified atom stereocenters. The number of hydrogen-bond donors (Lipinski definition) is 0. The van der Waals surface area contributed by atoms with E-state index in [1.165, 1.54) is 10.7 Å². The minimum Gasteiger partial charge on any atom is -0.453 e. The first-order valence-corrected chi connectivity index (χ1v) is 9.60. The molecule has 0 saturated heterocycles. The summed E-state index contributed by atoms with van der Waals surface area (Å²) in [5.74, 6) is 0.792. The highest BCUT2D eigenvalue weighted by Crippen LogP contribution is 2.28. The van der Waals surface area contributed by atoms with Crippen LogP contribution in [0.25, 0.3) is 11.3 Å². The van der Waals surface area contributed by atoms with Gasteiger partial charge in [-0.25, -0.2) is 8.42 Å². The molecule has 0 bridgehead atoms. The maximum absolute atomic E-state index is 12.8. The van der Waals surface area contributed by atoms with Crippen LogP contribution < -0.4 is 0 Å². The first-order valence-electron chi connectivity index (χ1n) is 8.16. The first-order chi connectivity index (χ1) is 11.5. The van der Waals surface area contributed by atoms with Crippen LogP contribution in [0.1, 0.15) is 42.7 Å². The van der Waals surface area contributed by atoms with E-state index in [-0.39, 0.29) is 16.7 Å². The van der Waals surface area contributed by atoms with Crippen LogP contribution >= 0.6 is 0 Å². The number of aldehydes is 1. The molecular formula is C18H21NO4S. The number of hydrogen-bond acceptors (Lipinski definition) is 4. The summed E-state index contributed by atoms with van der Waals surface area (Å²) in [5.41, 5.74) is 0.738. The molecule has 2 aromatic rings. The summed E-state index contributed by atoms with van der Waals surface area (Å²) in [6.45, 7) is 0. The van der Waals surface area contributed by atoms with Crippen molar-refractivity contribution in [2.24, 2.45) is 0 Å². The van der Waals surface area contributed by atoms with Gasteiger partial charge in [-0.15, -0.1) is 0 Å². The van der Waals surface area contributed by atoms with Crippen molar-refractivity contribution < 1.29 is 17.6 Å². The van der Waals surface area contributed by atoms with Gasteiger partial charge in [0.25, 0.3) is 0 Å². The lowest BCUT2D eigenvalue weighted by atomic mass is 9.96. The average molecular weight is 347 g/mol. The lowest BCUT2D eigenvalue weighted by molar-refractivity contribution is 0.110. The van der Waals surface area contributed by atoms with Crippen molar-refractivity contribution in [2.45, 2.75) is 43.0 Å². The molecule has 1 heterocycles. The Morgan fingerprint density at radius 1 is 1.04 bits per heavy atom. The fourth-order valence-corrected chi connectivity index (χ4v) is 4.59. The Bertz CT molecular complexity index is 802. The SMILES string of the molecule is CN(C1CCCCC1)S(=O)(=O)c1ccc(-c2ccc(C=O)o2)cc1. The van der Waals surface area contributed by atoms with E-state index in [0.717, 1.165) is 31.2 Å². The van der Waals surface area contributed by atoms with Crippen LogP contribution in [0.5, 0.6) is 0 Å². The van der Waals surface area contributed by atoms with Crippen LogP contribution in [0.15, 0.2) is 45.7 Å². The molecule has 3 rings (SSSR count). The van der Waals surface area contributed by atoms with Crippen molar-refractivity contribution in [3.8, 4) is 11.3 Å². The molecule has 1 aromatic carbocycles. The summed E-state index contributed by atoms with van der Waals surface area (Å²) in [6, 6.07) is 9.96. The van der Waals surface area contributed by atoms with Crippen LogP contribution in [0.3, 0.4) is 0 Å². The molecule has 6 heteroatoms. The second kappa shape index (κ2) is 6.91. The number of benzene rings is 1. The fourth-order valence-electron chi connectivity index (χ4n) is 3.17. The zero-order chi connectivity index (χ0) is 17.2. The van der Waals surface area contributed by atoms with E-state index in [1.807, 2.05) is 0 Å². The van der Waals surface area contributed by atoms with Crippen molar-refractivity contribution in [1.82, 2.24) is 4.31 Å². The smallest absolute Gasteiger partial charge is 0.243 e. The Kier molecular flexibility index (Phi) is 4.87. The molecule has 1 aromatic heterocycles. The van der Waals surface area contributed by atoms with E-state index in [2.05, 4.69) is 0 Å². The lowest BCUT2D eigenvalue weighted by Gasteiger charge is -2.30. The Hall–Kier alpha value is -1.92. The molecule has 1 saturated carbocycles. The van der Waals surface area contributed by atoms with E-state index >= 15 is 0 Å². The van der Waals surface area contributed by atoms with Crippen LogP contribution in [-0.2, 0) is 10.0 Å².